The predicted octanol–water partition coefficient (Wildman–Crippen LogP) is 3.69. The van der Waals surface area contributed by atoms with Gasteiger partial charge in [-0.25, -0.2) is 0 Å². The Morgan fingerprint density at radius 2 is 1.71 bits per heavy atom. The smallest absolute Gasteiger partial charge is 0.0329 e. The Bertz CT molecular complexity index is 369. The lowest BCUT2D eigenvalue weighted by molar-refractivity contribution is 0.480. The van der Waals surface area contributed by atoms with Crippen molar-refractivity contribution in [2.45, 2.75) is 45.1 Å². The highest BCUT2D eigenvalue weighted by molar-refractivity contribution is 5.27. The molecule has 0 amide bonds. The molecular formula is C16H23N. The average molecular weight is 229 g/mol. The van der Waals surface area contributed by atoms with Gasteiger partial charge < -0.3 is 5.73 Å². The maximum atomic E-state index is 6.45. The molecule has 0 aromatic heterocycles. The fraction of sp³-hybridized carbons (Fsp3) is 0.625. The number of rotatable bonds is 3. The van der Waals surface area contributed by atoms with Crippen molar-refractivity contribution in [2.75, 3.05) is 0 Å². The van der Waals surface area contributed by atoms with Crippen LogP contribution in [0.5, 0.6) is 0 Å². The summed E-state index contributed by atoms with van der Waals surface area (Å²) < 4.78 is 0. The van der Waals surface area contributed by atoms with E-state index < -0.39 is 0 Å². The zero-order chi connectivity index (χ0) is 11.8. The van der Waals surface area contributed by atoms with Gasteiger partial charge in [0.1, 0.15) is 0 Å². The second-order valence-electron chi connectivity index (χ2n) is 5.81. The Balaban J connectivity index is 1.71. The zero-order valence-corrected chi connectivity index (χ0v) is 10.7. The summed E-state index contributed by atoms with van der Waals surface area (Å²) >= 11 is 0. The molecule has 0 aliphatic heterocycles. The van der Waals surface area contributed by atoms with Crippen LogP contribution >= 0.6 is 0 Å². The summed E-state index contributed by atoms with van der Waals surface area (Å²) in [6.07, 6.45) is 6.83. The van der Waals surface area contributed by atoms with Crippen LogP contribution in [0.15, 0.2) is 24.3 Å². The minimum atomic E-state index is 0.286. The lowest BCUT2D eigenvalue weighted by Crippen LogP contribution is -2.14. The van der Waals surface area contributed by atoms with Gasteiger partial charge in [-0.1, -0.05) is 44.0 Å². The van der Waals surface area contributed by atoms with Gasteiger partial charge >= 0.3 is 0 Å². The van der Waals surface area contributed by atoms with E-state index in [1.807, 2.05) is 0 Å². The van der Waals surface area contributed by atoms with E-state index in [1.54, 1.807) is 0 Å². The number of benzene rings is 1. The van der Waals surface area contributed by atoms with Crippen molar-refractivity contribution in [1.82, 2.24) is 0 Å². The zero-order valence-electron chi connectivity index (χ0n) is 10.7. The molecule has 92 valence electrons. The van der Waals surface area contributed by atoms with Crippen molar-refractivity contribution in [3.05, 3.63) is 35.4 Å². The van der Waals surface area contributed by atoms with Gasteiger partial charge in [0, 0.05) is 6.04 Å². The summed E-state index contributed by atoms with van der Waals surface area (Å²) in [5.74, 6) is 2.68. The first-order valence-electron chi connectivity index (χ1n) is 7.15. The molecule has 3 unspecified atom stereocenters. The fourth-order valence-corrected chi connectivity index (χ4v) is 3.78. The van der Waals surface area contributed by atoms with E-state index in [0.717, 1.165) is 24.2 Å². The van der Waals surface area contributed by atoms with Crippen LogP contribution in [0.2, 0.25) is 0 Å². The molecule has 17 heavy (non-hydrogen) atoms. The molecule has 0 saturated heterocycles. The molecule has 2 saturated carbocycles. The maximum Gasteiger partial charge on any atom is 0.0329 e. The monoisotopic (exact) mass is 229 g/mol. The standard InChI is InChI=1S/C16H23N/c1-2-11-7-9-12(10-8-11)16(17)15-13-5-3-4-6-14(13)15/h7-10,13-16H,2-6,17H2,1H3. The summed E-state index contributed by atoms with van der Waals surface area (Å²) in [7, 11) is 0. The molecular weight excluding hydrogens is 206 g/mol. The van der Waals surface area contributed by atoms with Crippen LogP contribution in [0.4, 0.5) is 0 Å². The Labute approximate surface area is 104 Å². The van der Waals surface area contributed by atoms with Gasteiger partial charge in [0.2, 0.25) is 0 Å². The molecule has 3 atom stereocenters. The Hall–Kier alpha value is -0.820. The number of hydrogen-bond acceptors (Lipinski definition) is 1. The van der Waals surface area contributed by atoms with Crippen molar-refractivity contribution in [3.8, 4) is 0 Å². The van der Waals surface area contributed by atoms with E-state index in [-0.39, 0.29) is 6.04 Å². The average Bonchev–Trinajstić information content (AvgIpc) is 3.12. The van der Waals surface area contributed by atoms with Crippen molar-refractivity contribution in [2.24, 2.45) is 23.5 Å². The van der Waals surface area contributed by atoms with Crippen molar-refractivity contribution >= 4 is 0 Å². The lowest BCUT2D eigenvalue weighted by Gasteiger charge is -2.12. The number of hydrogen-bond donors (Lipinski definition) is 1. The third-order valence-corrected chi connectivity index (χ3v) is 4.91. The van der Waals surface area contributed by atoms with E-state index in [9.17, 15) is 0 Å². The van der Waals surface area contributed by atoms with Gasteiger partial charge in [0.05, 0.1) is 0 Å². The first-order chi connectivity index (χ1) is 8.31. The predicted molar refractivity (Wildman–Crippen MR) is 71.7 cm³/mol. The first kappa shape index (κ1) is 11.3. The van der Waals surface area contributed by atoms with Crippen LogP contribution in [0.1, 0.15) is 49.8 Å². The Morgan fingerprint density at radius 1 is 1.12 bits per heavy atom. The molecule has 2 aliphatic carbocycles. The molecule has 1 aromatic rings. The van der Waals surface area contributed by atoms with Crippen molar-refractivity contribution in [3.63, 3.8) is 0 Å². The third kappa shape index (κ3) is 2.01. The molecule has 0 heterocycles. The van der Waals surface area contributed by atoms with Crippen LogP contribution < -0.4 is 5.73 Å². The molecule has 2 N–H and O–H groups in total. The number of fused-ring (bicyclic) bond motifs is 1. The second-order valence-corrected chi connectivity index (χ2v) is 5.81. The topological polar surface area (TPSA) is 26.0 Å². The van der Waals surface area contributed by atoms with Crippen LogP contribution in [0, 0.1) is 17.8 Å². The Kier molecular flexibility index (Phi) is 2.96. The van der Waals surface area contributed by atoms with Gasteiger partial charge in [-0.15, -0.1) is 0 Å². The number of nitrogens with two attached hydrogens (primary N) is 1. The summed E-state index contributed by atoms with van der Waals surface area (Å²) in [5.41, 5.74) is 9.21. The van der Waals surface area contributed by atoms with Crippen molar-refractivity contribution < 1.29 is 0 Å². The van der Waals surface area contributed by atoms with E-state index in [4.69, 9.17) is 5.73 Å². The van der Waals surface area contributed by atoms with Crippen LogP contribution in [0.3, 0.4) is 0 Å². The summed E-state index contributed by atoms with van der Waals surface area (Å²) in [5, 5.41) is 0. The van der Waals surface area contributed by atoms with E-state index >= 15 is 0 Å². The normalized spacial score (nSPS) is 32.9. The second kappa shape index (κ2) is 4.45. The minimum absolute atomic E-state index is 0.286. The molecule has 0 spiro atoms. The highest BCUT2D eigenvalue weighted by Gasteiger charge is 2.53. The summed E-state index contributed by atoms with van der Waals surface area (Å²) in [6, 6.07) is 9.25. The molecule has 2 aliphatic rings. The molecule has 0 radical (unpaired) electrons. The molecule has 1 heteroatoms. The van der Waals surface area contributed by atoms with Gasteiger partial charge in [-0.3, -0.25) is 0 Å². The highest BCUT2D eigenvalue weighted by atomic mass is 14.7. The maximum absolute atomic E-state index is 6.45. The summed E-state index contributed by atoms with van der Waals surface area (Å²) in [4.78, 5) is 0. The summed E-state index contributed by atoms with van der Waals surface area (Å²) in [6.45, 7) is 2.20. The third-order valence-electron chi connectivity index (χ3n) is 4.91. The molecule has 2 fully saturated rings. The molecule has 1 aromatic carbocycles. The Morgan fingerprint density at radius 3 is 2.24 bits per heavy atom. The minimum Gasteiger partial charge on any atom is -0.324 e. The number of aryl methyl sites for hydroxylation is 1. The van der Waals surface area contributed by atoms with Crippen molar-refractivity contribution in [1.29, 1.82) is 0 Å². The van der Waals surface area contributed by atoms with E-state index in [0.29, 0.717) is 0 Å². The van der Waals surface area contributed by atoms with Gasteiger partial charge in [-0.05, 0) is 48.1 Å². The largest absolute Gasteiger partial charge is 0.324 e. The fourth-order valence-electron chi connectivity index (χ4n) is 3.78. The van der Waals surface area contributed by atoms with Gasteiger partial charge in [-0.2, -0.15) is 0 Å². The highest BCUT2D eigenvalue weighted by Crippen LogP contribution is 2.59. The van der Waals surface area contributed by atoms with Gasteiger partial charge in [0.15, 0.2) is 0 Å². The van der Waals surface area contributed by atoms with E-state index in [1.165, 1.54) is 36.8 Å². The quantitative estimate of drug-likeness (QED) is 0.840. The van der Waals surface area contributed by atoms with Crippen LogP contribution in [-0.4, -0.2) is 0 Å². The molecule has 0 bridgehead atoms. The van der Waals surface area contributed by atoms with E-state index in [2.05, 4.69) is 31.2 Å². The van der Waals surface area contributed by atoms with Crippen LogP contribution in [0.25, 0.3) is 0 Å². The lowest BCUT2D eigenvalue weighted by atomic mass is 9.99. The SMILES string of the molecule is CCc1ccc(C(N)C2C3CCCCC32)cc1. The van der Waals surface area contributed by atoms with Gasteiger partial charge in [0.25, 0.3) is 0 Å². The first-order valence-corrected chi connectivity index (χ1v) is 7.15. The van der Waals surface area contributed by atoms with Crippen LogP contribution in [-0.2, 0) is 6.42 Å². The molecule has 3 rings (SSSR count). The molecule has 1 nitrogen and oxygen atoms in total.